The molecule has 0 spiro atoms. The first kappa shape index (κ1) is 13.3. The fourth-order valence-electron chi connectivity index (χ4n) is 2.50. The molecular weight excluding hydrogens is 229 g/mol. The molecule has 1 aromatic carbocycles. The summed E-state index contributed by atoms with van der Waals surface area (Å²) in [6.45, 7) is 2.02. The summed E-state index contributed by atoms with van der Waals surface area (Å²) in [7, 11) is 1.87. The Balaban J connectivity index is 2.19. The molecule has 1 aromatic rings. The largest absolute Gasteiger partial charge is 0.487 e. The smallest absolute Gasteiger partial charge is 0.165 e. The lowest BCUT2D eigenvalue weighted by atomic mass is 9.97. The van der Waals surface area contributed by atoms with Gasteiger partial charge in [-0.05, 0) is 45.7 Å². The summed E-state index contributed by atoms with van der Waals surface area (Å²) in [5.74, 6) is 0.187. The van der Waals surface area contributed by atoms with Gasteiger partial charge in [0.1, 0.15) is 0 Å². The number of rotatable bonds is 4. The standard InChI is InChI=1S/C15H22FNO/c1-11(17-2)13-9-6-10-14(16)15(13)18-12-7-4-3-5-8-12/h6,9-12,17H,3-5,7-8H2,1-2H3. The minimum atomic E-state index is -0.250. The summed E-state index contributed by atoms with van der Waals surface area (Å²) >= 11 is 0. The van der Waals surface area contributed by atoms with Gasteiger partial charge >= 0.3 is 0 Å². The van der Waals surface area contributed by atoms with Gasteiger partial charge in [0.15, 0.2) is 11.6 Å². The molecule has 0 amide bonds. The zero-order valence-corrected chi connectivity index (χ0v) is 11.2. The van der Waals surface area contributed by atoms with Gasteiger partial charge < -0.3 is 10.1 Å². The van der Waals surface area contributed by atoms with E-state index >= 15 is 0 Å². The maximum absolute atomic E-state index is 13.9. The topological polar surface area (TPSA) is 21.3 Å². The molecule has 2 nitrogen and oxygen atoms in total. The molecule has 1 unspecified atom stereocenters. The summed E-state index contributed by atoms with van der Waals surface area (Å²) in [6, 6.07) is 5.25. The monoisotopic (exact) mass is 251 g/mol. The number of para-hydroxylation sites is 1. The van der Waals surface area contributed by atoms with Crippen LogP contribution < -0.4 is 10.1 Å². The lowest BCUT2D eigenvalue weighted by Gasteiger charge is -2.25. The number of hydrogen-bond acceptors (Lipinski definition) is 2. The lowest BCUT2D eigenvalue weighted by Crippen LogP contribution is -2.22. The van der Waals surface area contributed by atoms with Crippen LogP contribution in [0.4, 0.5) is 4.39 Å². The molecule has 0 radical (unpaired) electrons. The van der Waals surface area contributed by atoms with Crippen LogP contribution in [0, 0.1) is 5.82 Å². The highest BCUT2D eigenvalue weighted by Gasteiger charge is 2.20. The Morgan fingerprint density at radius 1 is 1.28 bits per heavy atom. The van der Waals surface area contributed by atoms with E-state index in [1.807, 2.05) is 20.0 Å². The Hall–Kier alpha value is -1.09. The van der Waals surface area contributed by atoms with Crippen LogP contribution >= 0.6 is 0 Å². The van der Waals surface area contributed by atoms with Crippen LogP contribution in [0.5, 0.6) is 5.75 Å². The summed E-state index contributed by atoms with van der Waals surface area (Å²) in [5, 5.41) is 3.14. The second-order valence-corrected chi connectivity index (χ2v) is 5.05. The van der Waals surface area contributed by atoms with Crippen LogP contribution in [0.25, 0.3) is 0 Å². The number of hydrogen-bond donors (Lipinski definition) is 1. The van der Waals surface area contributed by atoms with E-state index in [0.29, 0.717) is 5.75 Å². The Morgan fingerprint density at radius 3 is 2.67 bits per heavy atom. The highest BCUT2D eigenvalue weighted by atomic mass is 19.1. The second-order valence-electron chi connectivity index (χ2n) is 5.05. The van der Waals surface area contributed by atoms with E-state index in [2.05, 4.69) is 5.32 Å². The van der Waals surface area contributed by atoms with Crippen molar-refractivity contribution in [3.8, 4) is 5.75 Å². The molecule has 18 heavy (non-hydrogen) atoms. The minimum Gasteiger partial charge on any atom is -0.487 e. The molecule has 0 aromatic heterocycles. The molecular formula is C15H22FNO. The van der Waals surface area contributed by atoms with Crippen molar-refractivity contribution in [1.29, 1.82) is 0 Å². The molecule has 2 rings (SSSR count). The van der Waals surface area contributed by atoms with E-state index in [0.717, 1.165) is 18.4 Å². The third-order valence-corrected chi connectivity index (χ3v) is 3.73. The van der Waals surface area contributed by atoms with Crippen molar-refractivity contribution in [3.05, 3.63) is 29.6 Å². The quantitative estimate of drug-likeness (QED) is 0.878. The van der Waals surface area contributed by atoms with Gasteiger partial charge in [-0.25, -0.2) is 4.39 Å². The summed E-state index contributed by atoms with van der Waals surface area (Å²) in [5.41, 5.74) is 0.906. The average molecular weight is 251 g/mol. The van der Waals surface area contributed by atoms with E-state index < -0.39 is 0 Å². The first-order valence-corrected chi connectivity index (χ1v) is 6.84. The molecule has 1 N–H and O–H groups in total. The third-order valence-electron chi connectivity index (χ3n) is 3.73. The number of ether oxygens (including phenoxy) is 1. The summed E-state index contributed by atoms with van der Waals surface area (Å²) in [4.78, 5) is 0. The van der Waals surface area contributed by atoms with Crippen LogP contribution in [0.15, 0.2) is 18.2 Å². The lowest BCUT2D eigenvalue weighted by molar-refractivity contribution is 0.146. The van der Waals surface area contributed by atoms with Crippen molar-refractivity contribution >= 4 is 0 Å². The van der Waals surface area contributed by atoms with Crippen molar-refractivity contribution < 1.29 is 9.13 Å². The summed E-state index contributed by atoms with van der Waals surface area (Å²) < 4.78 is 19.9. The van der Waals surface area contributed by atoms with Gasteiger partial charge in [0.25, 0.3) is 0 Å². The van der Waals surface area contributed by atoms with E-state index in [-0.39, 0.29) is 18.0 Å². The molecule has 1 saturated carbocycles. The number of halogens is 1. The highest BCUT2D eigenvalue weighted by molar-refractivity contribution is 5.37. The van der Waals surface area contributed by atoms with E-state index in [9.17, 15) is 4.39 Å². The van der Waals surface area contributed by atoms with Crippen molar-refractivity contribution in [2.45, 2.75) is 51.2 Å². The SMILES string of the molecule is CNC(C)c1cccc(F)c1OC1CCCCC1. The Bertz CT molecular complexity index is 388. The normalized spacial score (nSPS) is 18.6. The first-order chi connectivity index (χ1) is 8.72. The van der Waals surface area contributed by atoms with Gasteiger partial charge in [-0.1, -0.05) is 18.6 Å². The van der Waals surface area contributed by atoms with E-state index in [1.54, 1.807) is 6.07 Å². The zero-order chi connectivity index (χ0) is 13.0. The van der Waals surface area contributed by atoms with Crippen molar-refractivity contribution in [2.75, 3.05) is 7.05 Å². The Labute approximate surface area is 109 Å². The van der Waals surface area contributed by atoms with Crippen molar-refractivity contribution in [1.82, 2.24) is 5.32 Å². The predicted octanol–water partition coefficient (Wildman–Crippen LogP) is 3.82. The number of nitrogens with one attached hydrogen (secondary N) is 1. The minimum absolute atomic E-state index is 0.0966. The molecule has 1 fully saturated rings. The molecule has 100 valence electrons. The molecule has 0 heterocycles. The van der Waals surface area contributed by atoms with Crippen LogP contribution in [0.3, 0.4) is 0 Å². The first-order valence-electron chi connectivity index (χ1n) is 6.84. The van der Waals surface area contributed by atoms with Gasteiger partial charge in [-0.15, -0.1) is 0 Å². The van der Waals surface area contributed by atoms with Crippen LogP contribution in [0.1, 0.15) is 50.6 Å². The zero-order valence-electron chi connectivity index (χ0n) is 11.2. The highest BCUT2D eigenvalue weighted by Crippen LogP contribution is 2.31. The molecule has 0 saturated heterocycles. The van der Waals surface area contributed by atoms with Gasteiger partial charge in [0.05, 0.1) is 6.10 Å². The van der Waals surface area contributed by atoms with E-state index in [4.69, 9.17) is 4.74 Å². The van der Waals surface area contributed by atoms with Gasteiger partial charge in [0.2, 0.25) is 0 Å². The van der Waals surface area contributed by atoms with Gasteiger partial charge in [0, 0.05) is 11.6 Å². The fraction of sp³-hybridized carbons (Fsp3) is 0.600. The molecule has 1 atom stereocenters. The predicted molar refractivity (Wildman–Crippen MR) is 71.4 cm³/mol. The summed E-state index contributed by atoms with van der Waals surface area (Å²) in [6.07, 6.45) is 5.92. The third kappa shape index (κ3) is 3.02. The van der Waals surface area contributed by atoms with Crippen LogP contribution in [-0.4, -0.2) is 13.2 Å². The maximum Gasteiger partial charge on any atom is 0.165 e. The molecule has 1 aliphatic carbocycles. The Morgan fingerprint density at radius 2 is 2.00 bits per heavy atom. The van der Waals surface area contributed by atoms with Crippen molar-refractivity contribution in [2.24, 2.45) is 0 Å². The van der Waals surface area contributed by atoms with Crippen molar-refractivity contribution in [3.63, 3.8) is 0 Å². The fourth-order valence-corrected chi connectivity index (χ4v) is 2.50. The van der Waals surface area contributed by atoms with Crippen LogP contribution in [0.2, 0.25) is 0 Å². The molecule has 0 bridgehead atoms. The second kappa shape index (κ2) is 6.19. The molecule has 1 aliphatic rings. The Kier molecular flexibility index (Phi) is 4.59. The molecule has 3 heteroatoms. The van der Waals surface area contributed by atoms with E-state index in [1.165, 1.54) is 25.3 Å². The maximum atomic E-state index is 13.9. The average Bonchev–Trinajstić information content (AvgIpc) is 2.41. The van der Waals surface area contributed by atoms with Gasteiger partial charge in [-0.3, -0.25) is 0 Å². The number of benzene rings is 1. The van der Waals surface area contributed by atoms with Crippen LogP contribution in [-0.2, 0) is 0 Å². The van der Waals surface area contributed by atoms with Gasteiger partial charge in [-0.2, -0.15) is 0 Å². The molecule has 0 aliphatic heterocycles.